The van der Waals surface area contributed by atoms with Crippen molar-refractivity contribution in [1.29, 1.82) is 0 Å². The Balaban J connectivity index is 2.08. The SMILES string of the molecule is Cc1sc(-c2cnccn2)nc1-c1cccc(Cl)c1. The van der Waals surface area contributed by atoms with Crippen LogP contribution >= 0.6 is 22.9 Å². The van der Waals surface area contributed by atoms with Crippen molar-refractivity contribution in [2.45, 2.75) is 6.92 Å². The van der Waals surface area contributed by atoms with Gasteiger partial charge in [0.25, 0.3) is 0 Å². The van der Waals surface area contributed by atoms with Gasteiger partial charge in [-0.2, -0.15) is 0 Å². The summed E-state index contributed by atoms with van der Waals surface area (Å²) in [5, 5.41) is 1.59. The van der Waals surface area contributed by atoms with Gasteiger partial charge in [0.1, 0.15) is 10.7 Å². The lowest BCUT2D eigenvalue weighted by atomic mass is 10.1. The normalized spacial score (nSPS) is 10.6. The second-order valence-electron chi connectivity index (χ2n) is 4.02. The van der Waals surface area contributed by atoms with E-state index in [0.717, 1.165) is 26.8 Å². The fraction of sp³-hybridized carbons (Fsp3) is 0.0714. The predicted molar refractivity (Wildman–Crippen MR) is 78.3 cm³/mol. The van der Waals surface area contributed by atoms with E-state index in [1.165, 1.54) is 0 Å². The highest BCUT2D eigenvalue weighted by Crippen LogP contribution is 2.32. The van der Waals surface area contributed by atoms with Crippen LogP contribution in [-0.2, 0) is 0 Å². The highest BCUT2D eigenvalue weighted by molar-refractivity contribution is 7.15. The second-order valence-corrected chi connectivity index (χ2v) is 5.66. The van der Waals surface area contributed by atoms with E-state index in [4.69, 9.17) is 11.6 Å². The van der Waals surface area contributed by atoms with E-state index in [1.54, 1.807) is 29.9 Å². The van der Waals surface area contributed by atoms with Crippen LogP contribution < -0.4 is 0 Å². The van der Waals surface area contributed by atoms with Gasteiger partial charge in [-0.3, -0.25) is 9.97 Å². The quantitative estimate of drug-likeness (QED) is 0.708. The first kappa shape index (κ1) is 12.3. The largest absolute Gasteiger partial charge is 0.261 e. The Morgan fingerprint density at radius 2 is 2.11 bits per heavy atom. The monoisotopic (exact) mass is 287 g/mol. The first-order valence-electron chi connectivity index (χ1n) is 5.74. The van der Waals surface area contributed by atoms with Crippen LogP contribution in [0.2, 0.25) is 5.02 Å². The number of benzene rings is 1. The van der Waals surface area contributed by atoms with Crippen LogP contribution in [0.1, 0.15) is 4.88 Å². The van der Waals surface area contributed by atoms with E-state index in [1.807, 2.05) is 31.2 Å². The van der Waals surface area contributed by atoms with Gasteiger partial charge in [0.15, 0.2) is 0 Å². The zero-order valence-corrected chi connectivity index (χ0v) is 11.7. The smallest absolute Gasteiger partial charge is 0.144 e. The van der Waals surface area contributed by atoms with Gasteiger partial charge >= 0.3 is 0 Å². The van der Waals surface area contributed by atoms with Crippen LogP contribution in [0, 0.1) is 6.92 Å². The summed E-state index contributed by atoms with van der Waals surface area (Å²) in [6, 6.07) is 7.72. The molecule has 0 aliphatic heterocycles. The number of hydrogen-bond acceptors (Lipinski definition) is 4. The van der Waals surface area contributed by atoms with Crippen molar-refractivity contribution in [3.05, 3.63) is 52.8 Å². The molecule has 2 heterocycles. The van der Waals surface area contributed by atoms with Gasteiger partial charge in [-0.1, -0.05) is 23.7 Å². The van der Waals surface area contributed by atoms with Gasteiger partial charge in [-0.25, -0.2) is 4.98 Å². The Kier molecular flexibility index (Phi) is 3.27. The van der Waals surface area contributed by atoms with E-state index >= 15 is 0 Å². The summed E-state index contributed by atoms with van der Waals surface area (Å²) in [7, 11) is 0. The third-order valence-corrected chi connectivity index (χ3v) is 3.91. The fourth-order valence-corrected chi connectivity index (χ4v) is 2.91. The molecule has 0 aliphatic carbocycles. The molecule has 0 aliphatic rings. The lowest BCUT2D eigenvalue weighted by Crippen LogP contribution is -1.84. The average Bonchev–Trinajstić information content (AvgIpc) is 2.82. The van der Waals surface area contributed by atoms with Gasteiger partial charge in [0, 0.05) is 27.9 Å². The lowest BCUT2D eigenvalue weighted by Gasteiger charge is -1.98. The molecule has 0 unspecified atom stereocenters. The third kappa shape index (κ3) is 2.50. The molecule has 3 aromatic rings. The van der Waals surface area contributed by atoms with Crippen molar-refractivity contribution >= 4 is 22.9 Å². The van der Waals surface area contributed by atoms with E-state index in [0.29, 0.717) is 5.02 Å². The van der Waals surface area contributed by atoms with Gasteiger partial charge in [0.2, 0.25) is 0 Å². The van der Waals surface area contributed by atoms with Crippen molar-refractivity contribution in [3.63, 3.8) is 0 Å². The van der Waals surface area contributed by atoms with E-state index in [9.17, 15) is 0 Å². The summed E-state index contributed by atoms with van der Waals surface area (Å²) in [5.74, 6) is 0. The molecule has 3 nitrogen and oxygen atoms in total. The Morgan fingerprint density at radius 3 is 2.84 bits per heavy atom. The number of nitrogens with zero attached hydrogens (tertiary/aromatic N) is 3. The molecule has 1 aromatic carbocycles. The molecule has 0 amide bonds. The maximum absolute atomic E-state index is 6.02. The van der Waals surface area contributed by atoms with Gasteiger partial charge < -0.3 is 0 Å². The molecule has 3 rings (SSSR count). The highest BCUT2D eigenvalue weighted by atomic mass is 35.5. The highest BCUT2D eigenvalue weighted by Gasteiger charge is 2.12. The Labute approximate surface area is 120 Å². The van der Waals surface area contributed by atoms with Crippen LogP contribution in [0.4, 0.5) is 0 Å². The molecule has 5 heteroatoms. The summed E-state index contributed by atoms with van der Waals surface area (Å²) < 4.78 is 0. The number of hydrogen-bond donors (Lipinski definition) is 0. The predicted octanol–water partition coefficient (Wildman–Crippen LogP) is 4.23. The molecule has 0 saturated heterocycles. The summed E-state index contributed by atoms with van der Waals surface area (Å²) in [4.78, 5) is 14.1. The van der Waals surface area contributed by atoms with Crippen LogP contribution in [0.5, 0.6) is 0 Å². The fourth-order valence-electron chi connectivity index (χ4n) is 1.82. The van der Waals surface area contributed by atoms with Crippen LogP contribution in [-0.4, -0.2) is 15.0 Å². The van der Waals surface area contributed by atoms with Crippen molar-refractivity contribution in [2.75, 3.05) is 0 Å². The first-order chi connectivity index (χ1) is 9.24. The standard InChI is InChI=1S/C14H10ClN3S/c1-9-13(10-3-2-4-11(15)7-10)18-14(19-9)12-8-16-5-6-17-12/h2-8H,1H3. The summed E-state index contributed by atoms with van der Waals surface area (Å²) in [6.45, 7) is 2.05. The molecule has 94 valence electrons. The molecule has 0 saturated carbocycles. The molecule has 2 aromatic heterocycles. The average molecular weight is 288 g/mol. The number of aryl methyl sites for hydroxylation is 1. The molecule has 0 radical (unpaired) electrons. The summed E-state index contributed by atoms with van der Waals surface area (Å²) >= 11 is 7.64. The van der Waals surface area contributed by atoms with Crippen LogP contribution in [0.3, 0.4) is 0 Å². The van der Waals surface area contributed by atoms with Crippen molar-refractivity contribution in [1.82, 2.24) is 15.0 Å². The first-order valence-corrected chi connectivity index (χ1v) is 6.93. The molecular formula is C14H10ClN3S. The van der Waals surface area contributed by atoms with Crippen LogP contribution in [0.25, 0.3) is 22.0 Å². The molecule has 0 fully saturated rings. The van der Waals surface area contributed by atoms with Gasteiger partial charge in [-0.15, -0.1) is 11.3 Å². The minimum Gasteiger partial charge on any atom is -0.261 e. The third-order valence-electron chi connectivity index (χ3n) is 2.68. The summed E-state index contributed by atoms with van der Waals surface area (Å²) in [6.07, 6.45) is 5.05. The molecule has 0 N–H and O–H groups in total. The van der Waals surface area contributed by atoms with E-state index in [-0.39, 0.29) is 0 Å². The van der Waals surface area contributed by atoms with Crippen LogP contribution in [0.15, 0.2) is 42.9 Å². The molecular weight excluding hydrogens is 278 g/mol. The second kappa shape index (κ2) is 5.07. The Morgan fingerprint density at radius 1 is 1.21 bits per heavy atom. The number of thiazole rings is 1. The van der Waals surface area contributed by atoms with E-state index < -0.39 is 0 Å². The number of rotatable bonds is 2. The molecule has 0 atom stereocenters. The lowest BCUT2D eigenvalue weighted by molar-refractivity contribution is 1.19. The molecule has 0 spiro atoms. The molecule has 0 bridgehead atoms. The Hall–Kier alpha value is -1.78. The van der Waals surface area contributed by atoms with Crippen molar-refractivity contribution in [2.24, 2.45) is 0 Å². The summed E-state index contributed by atoms with van der Waals surface area (Å²) in [5.41, 5.74) is 2.77. The maximum atomic E-state index is 6.02. The topological polar surface area (TPSA) is 38.7 Å². The minimum absolute atomic E-state index is 0.714. The minimum atomic E-state index is 0.714. The maximum Gasteiger partial charge on any atom is 0.144 e. The van der Waals surface area contributed by atoms with Gasteiger partial charge in [-0.05, 0) is 19.1 Å². The Bertz CT molecular complexity index is 710. The van der Waals surface area contributed by atoms with E-state index in [2.05, 4.69) is 15.0 Å². The van der Waals surface area contributed by atoms with Gasteiger partial charge in [0.05, 0.1) is 11.9 Å². The zero-order valence-electron chi connectivity index (χ0n) is 10.2. The number of aromatic nitrogens is 3. The van der Waals surface area contributed by atoms with Crippen molar-refractivity contribution in [3.8, 4) is 22.0 Å². The van der Waals surface area contributed by atoms with Crippen molar-refractivity contribution < 1.29 is 0 Å². The number of halogens is 1. The zero-order chi connectivity index (χ0) is 13.2. The molecule has 19 heavy (non-hydrogen) atoms.